The van der Waals surface area contributed by atoms with Crippen LogP contribution in [0, 0.1) is 11.3 Å². The molecule has 2 nitrogen and oxygen atoms in total. The van der Waals surface area contributed by atoms with Crippen LogP contribution in [0.25, 0.3) is 0 Å². The number of nitrogens with zero attached hydrogens (tertiary/aromatic N) is 1. The van der Waals surface area contributed by atoms with Crippen molar-refractivity contribution in [3.05, 3.63) is 57.8 Å². The predicted molar refractivity (Wildman–Crippen MR) is 77.8 cm³/mol. The highest BCUT2D eigenvalue weighted by molar-refractivity contribution is 7.10. The van der Waals surface area contributed by atoms with E-state index in [1.54, 1.807) is 11.3 Å². The van der Waals surface area contributed by atoms with Crippen LogP contribution in [0.5, 0.6) is 0 Å². The summed E-state index contributed by atoms with van der Waals surface area (Å²) >= 11 is 1.77. The maximum absolute atomic E-state index is 9.68. The van der Waals surface area contributed by atoms with Crippen molar-refractivity contribution in [2.75, 3.05) is 0 Å². The van der Waals surface area contributed by atoms with E-state index in [0.717, 1.165) is 25.8 Å². The molecule has 1 aromatic carbocycles. The molecule has 1 heterocycles. The van der Waals surface area contributed by atoms with Crippen molar-refractivity contribution >= 4 is 11.3 Å². The summed E-state index contributed by atoms with van der Waals surface area (Å²) in [6.07, 6.45) is 3.10. The fourth-order valence-corrected chi connectivity index (χ4v) is 3.75. The smallest absolute Gasteiger partial charge is 0.133 e. The third-order valence-electron chi connectivity index (χ3n) is 3.79. The van der Waals surface area contributed by atoms with Gasteiger partial charge in [-0.2, -0.15) is 5.26 Å². The van der Waals surface area contributed by atoms with Gasteiger partial charge in [0, 0.05) is 17.0 Å². The molecule has 1 N–H and O–H groups in total. The Balaban J connectivity index is 1.84. The van der Waals surface area contributed by atoms with Crippen LogP contribution in [-0.4, -0.2) is 0 Å². The molecule has 0 spiro atoms. The van der Waals surface area contributed by atoms with E-state index in [0.29, 0.717) is 0 Å². The van der Waals surface area contributed by atoms with Gasteiger partial charge in [-0.15, -0.1) is 11.3 Å². The molecule has 0 fully saturated rings. The van der Waals surface area contributed by atoms with Gasteiger partial charge in [0.25, 0.3) is 0 Å². The fraction of sp³-hybridized carbons (Fsp3) is 0.312. The van der Waals surface area contributed by atoms with E-state index >= 15 is 0 Å². The summed E-state index contributed by atoms with van der Waals surface area (Å²) in [6.45, 7) is 0.740. The van der Waals surface area contributed by atoms with Gasteiger partial charge in [-0.1, -0.05) is 30.3 Å². The van der Waals surface area contributed by atoms with Crippen molar-refractivity contribution in [2.24, 2.45) is 0 Å². The third kappa shape index (κ3) is 2.30. The lowest BCUT2D eigenvalue weighted by atomic mass is 9.81. The molecule has 0 amide bonds. The van der Waals surface area contributed by atoms with Crippen LogP contribution in [0.3, 0.4) is 0 Å². The second-order valence-electron chi connectivity index (χ2n) is 4.97. The van der Waals surface area contributed by atoms with Crippen LogP contribution in [0.15, 0.2) is 41.8 Å². The molecule has 0 radical (unpaired) electrons. The van der Waals surface area contributed by atoms with E-state index in [1.165, 1.54) is 16.0 Å². The van der Waals surface area contributed by atoms with Crippen molar-refractivity contribution in [1.82, 2.24) is 5.32 Å². The first-order chi connectivity index (χ1) is 9.34. The van der Waals surface area contributed by atoms with Crippen molar-refractivity contribution in [2.45, 2.75) is 31.3 Å². The largest absolute Gasteiger partial charge is 0.292 e. The Labute approximate surface area is 117 Å². The highest BCUT2D eigenvalue weighted by atomic mass is 32.1. The van der Waals surface area contributed by atoms with Crippen LogP contribution in [0.2, 0.25) is 0 Å². The number of benzene rings is 1. The molecule has 1 unspecified atom stereocenters. The number of hydrogen-bond acceptors (Lipinski definition) is 3. The molecule has 3 rings (SSSR count). The minimum absolute atomic E-state index is 0.497. The average Bonchev–Trinajstić information content (AvgIpc) is 2.95. The van der Waals surface area contributed by atoms with Crippen LogP contribution in [-0.2, 0) is 18.5 Å². The second-order valence-corrected chi connectivity index (χ2v) is 5.97. The van der Waals surface area contributed by atoms with Crippen molar-refractivity contribution in [1.29, 1.82) is 5.26 Å². The first-order valence-corrected chi connectivity index (χ1v) is 7.49. The molecule has 0 saturated heterocycles. The molecule has 1 atom stereocenters. The summed E-state index contributed by atoms with van der Waals surface area (Å²) in [7, 11) is 0. The van der Waals surface area contributed by atoms with Gasteiger partial charge >= 0.3 is 0 Å². The highest BCUT2D eigenvalue weighted by Crippen LogP contribution is 2.38. The Kier molecular flexibility index (Phi) is 3.37. The summed E-state index contributed by atoms with van der Waals surface area (Å²) in [5, 5.41) is 15.3. The molecule has 0 saturated carbocycles. The summed E-state index contributed by atoms with van der Waals surface area (Å²) in [5.74, 6) is 0. The quantitative estimate of drug-likeness (QED) is 0.923. The van der Waals surface area contributed by atoms with E-state index in [4.69, 9.17) is 0 Å². The standard InChI is InChI=1S/C16H16N2S/c17-12-16(18-11-13-5-2-1-3-6-13)9-4-7-15-14(16)8-10-19-15/h1-3,5-6,8,10,18H,4,7,9,11H2. The highest BCUT2D eigenvalue weighted by Gasteiger charge is 2.36. The van der Waals surface area contributed by atoms with Crippen LogP contribution in [0.1, 0.15) is 28.8 Å². The lowest BCUT2D eigenvalue weighted by molar-refractivity contribution is 0.367. The van der Waals surface area contributed by atoms with E-state index in [9.17, 15) is 5.26 Å². The molecule has 96 valence electrons. The molecular formula is C16H16N2S. The van der Waals surface area contributed by atoms with E-state index < -0.39 is 5.54 Å². The Bertz CT molecular complexity index is 597. The van der Waals surface area contributed by atoms with Gasteiger partial charge in [-0.25, -0.2) is 0 Å². The van der Waals surface area contributed by atoms with Crippen molar-refractivity contribution in [3.8, 4) is 6.07 Å². The Morgan fingerprint density at radius 3 is 2.89 bits per heavy atom. The third-order valence-corrected chi connectivity index (χ3v) is 4.77. The molecule has 0 bridgehead atoms. The van der Waals surface area contributed by atoms with Crippen LogP contribution >= 0.6 is 11.3 Å². The Morgan fingerprint density at radius 1 is 1.26 bits per heavy atom. The topological polar surface area (TPSA) is 35.8 Å². The van der Waals surface area contributed by atoms with Gasteiger partial charge in [0.05, 0.1) is 6.07 Å². The van der Waals surface area contributed by atoms with Gasteiger partial charge in [0.2, 0.25) is 0 Å². The molecular weight excluding hydrogens is 252 g/mol. The lowest BCUT2D eigenvalue weighted by Gasteiger charge is -2.32. The predicted octanol–water partition coefficient (Wildman–Crippen LogP) is 3.59. The molecule has 2 aromatic rings. The average molecular weight is 268 g/mol. The number of nitrogens with one attached hydrogen (secondary N) is 1. The van der Waals surface area contributed by atoms with E-state index in [2.05, 4.69) is 35.0 Å². The number of thiophene rings is 1. The normalized spacial score (nSPS) is 21.6. The molecule has 3 heteroatoms. The first-order valence-electron chi connectivity index (χ1n) is 6.61. The monoisotopic (exact) mass is 268 g/mol. The number of fused-ring (bicyclic) bond motifs is 1. The zero-order valence-electron chi connectivity index (χ0n) is 10.7. The zero-order valence-corrected chi connectivity index (χ0v) is 11.5. The molecule has 1 aliphatic carbocycles. The number of hydrogen-bond donors (Lipinski definition) is 1. The first kappa shape index (κ1) is 12.4. The van der Waals surface area contributed by atoms with E-state index in [1.807, 2.05) is 18.2 Å². The SMILES string of the molecule is N#CC1(NCc2ccccc2)CCCc2sccc21. The maximum Gasteiger partial charge on any atom is 0.133 e. The second kappa shape index (κ2) is 5.16. The maximum atomic E-state index is 9.68. The number of aryl methyl sites for hydroxylation is 1. The Hall–Kier alpha value is -1.63. The molecule has 1 aliphatic rings. The van der Waals surface area contributed by atoms with Crippen molar-refractivity contribution < 1.29 is 0 Å². The van der Waals surface area contributed by atoms with Gasteiger partial charge < -0.3 is 0 Å². The zero-order chi connectivity index (χ0) is 13.1. The van der Waals surface area contributed by atoms with Gasteiger partial charge in [-0.05, 0) is 36.3 Å². The van der Waals surface area contributed by atoms with E-state index in [-0.39, 0.29) is 0 Å². The van der Waals surface area contributed by atoms with Crippen molar-refractivity contribution in [3.63, 3.8) is 0 Å². The van der Waals surface area contributed by atoms with Gasteiger partial charge in [0.15, 0.2) is 0 Å². The lowest BCUT2D eigenvalue weighted by Crippen LogP contribution is -2.42. The van der Waals surface area contributed by atoms with Gasteiger partial charge in [0.1, 0.15) is 5.54 Å². The molecule has 19 heavy (non-hydrogen) atoms. The summed E-state index contributed by atoms with van der Waals surface area (Å²) in [5.41, 5.74) is 1.92. The minimum Gasteiger partial charge on any atom is -0.292 e. The van der Waals surface area contributed by atoms with Crippen LogP contribution in [0.4, 0.5) is 0 Å². The Morgan fingerprint density at radius 2 is 2.11 bits per heavy atom. The summed E-state index contributed by atoms with van der Waals surface area (Å²) in [4.78, 5) is 1.37. The van der Waals surface area contributed by atoms with Gasteiger partial charge in [-0.3, -0.25) is 5.32 Å². The molecule has 1 aromatic heterocycles. The summed E-state index contributed by atoms with van der Waals surface area (Å²) < 4.78 is 0. The number of nitriles is 1. The summed E-state index contributed by atoms with van der Waals surface area (Å²) in [6, 6.07) is 14.9. The van der Waals surface area contributed by atoms with Crippen LogP contribution < -0.4 is 5.32 Å². The minimum atomic E-state index is -0.497. The fourth-order valence-electron chi connectivity index (χ4n) is 2.75. The molecule has 0 aliphatic heterocycles. The number of rotatable bonds is 3.